The number of amides is 1. The Kier molecular flexibility index (Phi) is 5.83. The minimum absolute atomic E-state index is 0.0549. The first-order chi connectivity index (χ1) is 9.85. The molecule has 0 spiro atoms. The third-order valence-corrected chi connectivity index (χ3v) is 2.91. The Morgan fingerprint density at radius 1 is 1.38 bits per heavy atom. The van der Waals surface area contributed by atoms with Gasteiger partial charge in [0.2, 0.25) is 0 Å². The lowest BCUT2D eigenvalue weighted by molar-refractivity contribution is -0.142. The smallest absolute Gasteiger partial charge is 0.326 e. The standard InChI is InChI=1S/C14H16FNO5/c1-8-3-4-9(15)7-10(8)13(18)16-11(14(19)20)5-6-12(17)21-2/h3-4,7,11H,5-6H2,1-2H3,(H,16,18)(H,19,20)/t11-/m1/s1. The molecule has 0 fully saturated rings. The van der Waals surface area contributed by atoms with Gasteiger partial charge in [0.05, 0.1) is 7.11 Å². The normalized spacial score (nSPS) is 11.6. The number of hydrogen-bond acceptors (Lipinski definition) is 4. The second-order valence-electron chi connectivity index (χ2n) is 4.44. The molecule has 0 bridgehead atoms. The number of halogens is 1. The maximum absolute atomic E-state index is 13.1. The zero-order valence-corrected chi connectivity index (χ0v) is 11.7. The van der Waals surface area contributed by atoms with E-state index in [1.807, 2.05) is 0 Å². The summed E-state index contributed by atoms with van der Waals surface area (Å²) in [6.45, 7) is 1.61. The molecule has 0 aromatic heterocycles. The Balaban J connectivity index is 2.79. The number of aryl methyl sites for hydroxylation is 1. The molecular formula is C14H16FNO5. The second kappa shape index (κ2) is 7.37. The van der Waals surface area contributed by atoms with Crippen LogP contribution in [0.4, 0.5) is 4.39 Å². The molecule has 0 radical (unpaired) electrons. The first kappa shape index (κ1) is 16.6. The number of rotatable bonds is 6. The van der Waals surface area contributed by atoms with Gasteiger partial charge < -0.3 is 15.2 Å². The number of methoxy groups -OCH3 is 1. The summed E-state index contributed by atoms with van der Waals surface area (Å²) in [5, 5.41) is 11.3. The van der Waals surface area contributed by atoms with Crippen LogP contribution >= 0.6 is 0 Å². The Hall–Kier alpha value is -2.44. The van der Waals surface area contributed by atoms with Crippen molar-refractivity contribution in [3.8, 4) is 0 Å². The summed E-state index contributed by atoms with van der Waals surface area (Å²) < 4.78 is 17.6. The monoisotopic (exact) mass is 297 g/mol. The summed E-state index contributed by atoms with van der Waals surface area (Å²) in [5.74, 6) is -3.14. The number of carboxylic acid groups (broad SMARTS) is 1. The number of carbonyl (C=O) groups is 3. The molecule has 1 amide bonds. The summed E-state index contributed by atoms with van der Waals surface area (Å²) in [6.07, 6.45) is -0.252. The Bertz CT molecular complexity index is 558. The molecule has 114 valence electrons. The van der Waals surface area contributed by atoms with Crippen molar-refractivity contribution in [2.24, 2.45) is 0 Å². The largest absolute Gasteiger partial charge is 0.480 e. The van der Waals surface area contributed by atoms with E-state index >= 15 is 0 Å². The first-order valence-electron chi connectivity index (χ1n) is 6.21. The highest BCUT2D eigenvalue weighted by Gasteiger charge is 2.22. The molecule has 1 rings (SSSR count). The molecule has 1 aromatic carbocycles. The van der Waals surface area contributed by atoms with Gasteiger partial charge in [-0.2, -0.15) is 0 Å². The number of nitrogens with one attached hydrogen (secondary N) is 1. The summed E-state index contributed by atoms with van der Waals surface area (Å²) >= 11 is 0. The predicted octanol–water partition coefficient (Wildman–Crippen LogP) is 1.27. The van der Waals surface area contributed by atoms with E-state index in [1.165, 1.54) is 19.2 Å². The number of esters is 1. The van der Waals surface area contributed by atoms with Gasteiger partial charge in [0, 0.05) is 12.0 Å². The molecule has 1 atom stereocenters. The number of carbonyl (C=O) groups excluding carboxylic acids is 2. The van der Waals surface area contributed by atoms with Gasteiger partial charge in [-0.25, -0.2) is 9.18 Å². The molecule has 0 unspecified atom stereocenters. The molecule has 0 aliphatic heterocycles. The van der Waals surface area contributed by atoms with E-state index < -0.39 is 29.7 Å². The van der Waals surface area contributed by atoms with Crippen LogP contribution in [0.1, 0.15) is 28.8 Å². The average molecular weight is 297 g/mol. The van der Waals surface area contributed by atoms with Crippen LogP contribution in [0.25, 0.3) is 0 Å². The van der Waals surface area contributed by atoms with Gasteiger partial charge in [-0.05, 0) is 31.0 Å². The van der Waals surface area contributed by atoms with Crippen LogP contribution in [-0.4, -0.2) is 36.1 Å². The van der Waals surface area contributed by atoms with E-state index in [9.17, 15) is 18.8 Å². The Morgan fingerprint density at radius 2 is 2.05 bits per heavy atom. The topological polar surface area (TPSA) is 92.7 Å². The average Bonchev–Trinajstić information content (AvgIpc) is 2.44. The third kappa shape index (κ3) is 4.87. The predicted molar refractivity (Wildman–Crippen MR) is 71.3 cm³/mol. The number of carboxylic acids is 1. The molecule has 0 saturated heterocycles. The second-order valence-corrected chi connectivity index (χ2v) is 4.44. The minimum Gasteiger partial charge on any atom is -0.480 e. The van der Waals surface area contributed by atoms with Gasteiger partial charge in [0.15, 0.2) is 0 Å². The molecule has 0 aliphatic carbocycles. The third-order valence-electron chi connectivity index (χ3n) is 2.91. The van der Waals surface area contributed by atoms with Crippen molar-refractivity contribution in [2.75, 3.05) is 7.11 Å². The zero-order chi connectivity index (χ0) is 16.0. The Labute approximate surface area is 120 Å². The van der Waals surface area contributed by atoms with Crippen LogP contribution in [-0.2, 0) is 14.3 Å². The van der Waals surface area contributed by atoms with E-state index in [1.54, 1.807) is 6.92 Å². The van der Waals surface area contributed by atoms with Crippen LogP contribution in [0.15, 0.2) is 18.2 Å². The van der Waals surface area contributed by atoms with Gasteiger partial charge >= 0.3 is 11.9 Å². The highest BCUT2D eigenvalue weighted by atomic mass is 19.1. The van der Waals surface area contributed by atoms with E-state index in [0.717, 1.165) is 6.07 Å². The fraction of sp³-hybridized carbons (Fsp3) is 0.357. The molecular weight excluding hydrogens is 281 g/mol. The van der Waals surface area contributed by atoms with E-state index in [4.69, 9.17) is 5.11 Å². The maximum atomic E-state index is 13.1. The van der Waals surface area contributed by atoms with Crippen LogP contribution in [0.3, 0.4) is 0 Å². The molecule has 0 aliphatic rings. The van der Waals surface area contributed by atoms with E-state index in [2.05, 4.69) is 10.1 Å². The summed E-state index contributed by atoms with van der Waals surface area (Å²) in [4.78, 5) is 34.1. The first-order valence-corrected chi connectivity index (χ1v) is 6.21. The van der Waals surface area contributed by atoms with Crippen molar-refractivity contribution in [2.45, 2.75) is 25.8 Å². The van der Waals surface area contributed by atoms with Crippen molar-refractivity contribution in [1.82, 2.24) is 5.32 Å². The van der Waals surface area contributed by atoms with Gasteiger partial charge in [0.25, 0.3) is 5.91 Å². The van der Waals surface area contributed by atoms with Crippen molar-refractivity contribution in [3.05, 3.63) is 35.1 Å². The fourth-order valence-electron chi connectivity index (χ4n) is 1.70. The lowest BCUT2D eigenvalue weighted by Crippen LogP contribution is -2.41. The number of hydrogen-bond donors (Lipinski definition) is 2. The van der Waals surface area contributed by atoms with Crippen molar-refractivity contribution in [3.63, 3.8) is 0 Å². The molecule has 21 heavy (non-hydrogen) atoms. The van der Waals surface area contributed by atoms with E-state index in [-0.39, 0.29) is 18.4 Å². The van der Waals surface area contributed by atoms with Gasteiger partial charge in [-0.15, -0.1) is 0 Å². The van der Waals surface area contributed by atoms with E-state index in [0.29, 0.717) is 5.56 Å². The minimum atomic E-state index is -1.28. The molecule has 0 saturated carbocycles. The van der Waals surface area contributed by atoms with Gasteiger partial charge in [0.1, 0.15) is 11.9 Å². The highest BCUT2D eigenvalue weighted by molar-refractivity contribution is 5.97. The molecule has 1 aromatic rings. The zero-order valence-electron chi connectivity index (χ0n) is 11.7. The van der Waals surface area contributed by atoms with Crippen LogP contribution in [0.5, 0.6) is 0 Å². The van der Waals surface area contributed by atoms with Crippen LogP contribution < -0.4 is 5.32 Å². The van der Waals surface area contributed by atoms with Gasteiger partial charge in [-0.1, -0.05) is 6.07 Å². The molecule has 0 heterocycles. The van der Waals surface area contributed by atoms with Crippen LogP contribution in [0.2, 0.25) is 0 Å². The number of aliphatic carboxylic acids is 1. The SMILES string of the molecule is COC(=O)CC[C@@H](NC(=O)c1cc(F)ccc1C)C(=O)O. The molecule has 2 N–H and O–H groups in total. The maximum Gasteiger partial charge on any atom is 0.326 e. The number of ether oxygens (including phenoxy) is 1. The summed E-state index contributed by atoms with van der Waals surface area (Å²) in [6, 6.07) is 2.41. The lowest BCUT2D eigenvalue weighted by atomic mass is 10.1. The number of benzene rings is 1. The van der Waals surface area contributed by atoms with Gasteiger partial charge in [-0.3, -0.25) is 9.59 Å². The highest BCUT2D eigenvalue weighted by Crippen LogP contribution is 2.11. The quantitative estimate of drug-likeness (QED) is 0.771. The summed E-state index contributed by atoms with van der Waals surface area (Å²) in [7, 11) is 1.19. The van der Waals surface area contributed by atoms with Crippen LogP contribution in [0, 0.1) is 12.7 Å². The fourth-order valence-corrected chi connectivity index (χ4v) is 1.70. The van der Waals surface area contributed by atoms with Crippen molar-refractivity contribution < 1.29 is 28.6 Å². The molecule has 7 heteroatoms. The molecule has 6 nitrogen and oxygen atoms in total. The van der Waals surface area contributed by atoms with Crippen molar-refractivity contribution >= 4 is 17.8 Å². The summed E-state index contributed by atoms with van der Waals surface area (Å²) in [5.41, 5.74) is 0.574. The van der Waals surface area contributed by atoms with Crippen molar-refractivity contribution in [1.29, 1.82) is 0 Å². The lowest BCUT2D eigenvalue weighted by Gasteiger charge is -2.15. The Morgan fingerprint density at radius 3 is 2.62 bits per heavy atom.